The van der Waals surface area contributed by atoms with Crippen LogP contribution in [0.4, 0.5) is 0 Å². The van der Waals surface area contributed by atoms with Gasteiger partial charge in [0.15, 0.2) is 0 Å². The van der Waals surface area contributed by atoms with Crippen LogP contribution in [0.2, 0.25) is 0 Å². The standard InChI is InChI=1S/C12H16O4/c1-2-10-3-5-11(6-4-10)8-15-16-9-12(14)7-13/h2-6,12-14H,1,7-9H2. The monoisotopic (exact) mass is 224 g/mol. The van der Waals surface area contributed by atoms with Crippen molar-refractivity contribution in [1.82, 2.24) is 0 Å². The second-order valence-corrected chi connectivity index (χ2v) is 3.33. The van der Waals surface area contributed by atoms with Crippen LogP contribution in [0.25, 0.3) is 6.08 Å². The Kier molecular flexibility index (Phi) is 5.74. The molecule has 0 fully saturated rings. The van der Waals surface area contributed by atoms with Crippen LogP contribution in [-0.4, -0.2) is 29.5 Å². The van der Waals surface area contributed by atoms with E-state index >= 15 is 0 Å². The minimum atomic E-state index is -0.900. The van der Waals surface area contributed by atoms with Gasteiger partial charge in [0.05, 0.1) is 6.61 Å². The summed E-state index contributed by atoms with van der Waals surface area (Å²) < 4.78 is 0. The first-order chi connectivity index (χ1) is 7.76. The maximum Gasteiger partial charge on any atom is 0.110 e. The first-order valence-corrected chi connectivity index (χ1v) is 5.01. The van der Waals surface area contributed by atoms with Gasteiger partial charge in [0, 0.05) is 0 Å². The number of aliphatic hydroxyl groups is 2. The molecule has 0 heterocycles. The fraction of sp³-hybridized carbons (Fsp3) is 0.333. The smallest absolute Gasteiger partial charge is 0.110 e. The summed E-state index contributed by atoms with van der Waals surface area (Å²) in [7, 11) is 0. The van der Waals surface area contributed by atoms with E-state index in [1.54, 1.807) is 6.08 Å². The number of hydrogen-bond donors (Lipinski definition) is 2. The van der Waals surface area contributed by atoms with Crippen molar-refractivity contribution < 1.29 is 20.0 Å². The summed E-state index contributed by atoms with van der Waals surface area (Å²) in [5, 5.41) is 17.5. The molecule has 88 valence electrons. The van der Waals surface area contributed by atoms with Gasteiger partial charge < -0.3 is 10.2 Å². The third kappa shape index (κ3) is 4.55. The van der Waals surface area contributed by atoms with E-state index in [-0.39, 0.29) is 13.2 Å². The lowest BCUT2D eigenvalue weighted by molar-refractivity contribution is -0.315. The van der Waals surface area contributed by atoms with E-state index in [1.807, 2.05) is 24.3 Å². The fourth-order valence-electron chi connectivity index (χ4n) is 1.04. The molecule has 1 unspecified atom stereocenters. The highest BCUT2D eigenvalue weighted by molar-refractivity contribution is 5.47. The van der Waals surface area contributed by atoms with E-state index in [2.05, 4.69) is 6.58 Å². The van der Waals surface area contributed by atoms with Crippen molar-refractivity contribution in [2.75, 3.05) is 13.2 Å². The Bertz CT molecular complexity index is 307. The number of benzene rings is 1. The van der Waals surface area contributed by atoms with Crippen molar-refractivity contribution in [3.8, 4) is 0 Å². The normalized spacial score (nSPS) is 12.4. The summed E-state index contributed by atoms with van der Waals surface area (Å²) in [6.45, 7) is 3.58. The molecule has 0 amide bonds. The molecule has 0 radical (unpaired) electrons. The average molecular weight is 224 g/mol. The Balaban J connectivity index is 2.24. The average Bonchev–Trinajstić information content (AvgIpc) is 2.35. The van der Waals surface area contributed by atoms with E-state index < -0.39 is 6.10 Å². The number of aliphatic hydroxyl groups excluding tert-OH is 2. The molecule has 0 saturated heterocycles. The molecular formula is C12H16O4. The quantitative estimate of drug-likeness (QED) is 0.414. The van der Waals surface area contributed by atoms with Crippen LogP contribution >= 0.6 is 0 Å². The van der Waals surface area contributed by atoms with Crippen molar-refractivity contribution in [2.45, 2.75) is 12.7 Å². The zero-order valence-electron chi connectivity index (χ0n) is 9.00. The molecule has 0 aliphatic rings. The summed E-state index contributed by atoms with van der Waals surface area (Å²) in [4.78, 5) is 9.59. The Hall–Kier alpha value is -1.20. The zero-order valence-corrected chi connectivity index (χ0v) is 9.00. The molecule has 1 atom stereocenters. The third-order valence-corrected chi connectivity index (χ3v) is 2.00. The predicted octanol–water partition coefficient (Wildman–Crippen LogP) is 1.13. The van der Waals surface area contributed by atoms with Gasteiger partial charge in [-0.05, 0) is 11.1 Å². The van der Waals surface area contributed by atoms with Gasteiger partial charge in [-0.25, -0.2) is 9.78 Å². The Morgan fingerprint density at radius 3 is 2.50 bits per heavy atom. The molecule has 1 rings (SSSR count). The Morgan fingerprint density at radius 2 is 1.94 bits per heavy atom. The largest absolute Gasteiger partial charge is 0.394 e. The minimum Gasteiger partial charge on any atom is -0.394 e. The first-order valence-electron chi connectivity index (χ1n) is 5.01. The van der Waals surface area contributed by atoms with Crippen molar-refractivity contribution in [1.29, 1.82) is 0 Å². The van der Waals surface area contributed by atoms with Crippen LogP contribution < -0.4 is 0 Å². The SMILES string of the molecule is C=Cc1ccc(COOCC(O)CO)cc1. The van der Waals surface area contributed by atoms with Crippen LogP contribution in [-0.2, 0) is 16.4 Å². The molecule has 2 N–H and O–H groups in total. The van der Waals surface area contributed by atoms with Crippen molar-refractivity contribution in [3.05, 3.63) is 42.0 Å². The van der Waals surface area contributed by atoms with Crippen LogP contribution in [0.3, 0.4) is 0 Å². The summed E-state index contributed by atoms with van der Waals surface area (Å²) in [6.07, 6.45) is 0.863. The maximum atomic E-state index is 8.96. The van der Waals surface area contributed by atoms with Crippen LogP contribution in [0.1, 0.15) is 11.1 Å². The van der Waals surface area contributed by atoms with E-state index in [1.165, 1.54) is 0 Å². The summed E-state index contributed by atoms with van der Waals surface area (Å²) in [5.41, 5.74) is 2.00. The highest BCUT2D eigenvalue weighted by Crippen LogP contribution is 2.06. The molecule has 0 aromatic heterocycles. The minimum absolute atomic E-state index is 0.0404. The van der Waals surface area contributed by atoms with Crippen LogP contribution in [0.15, 0.2) is 30.8 Å². The molecule has 1 aromatic carbocycles. The number of hydrogen-bond acceptors (Lipinski definition) is 4. The Labute approximate surface area is 94.7 Å². The maximum absolute atomic E-state index is 8.96. The molecule has 0 aliphatic carbocycles. The molecular weight excluding hydrogens is 208 g/mol. The molecule has 4 nitrogen and oxygen atoms in total. The van der Waals surface area contributed by atoms with Gasteiger partial charge in [0.25, 0.3) is 0 Å². The van der Waals surface area contributed by atoms with Gasteiger partial charge in [0.2, 0.25) is 0 Å². The highest BCUT2D eigenvalue weighted by atomic mass is 17.2. The molecule has 0 aliphatic heterocycles. The van der Waals surface area contributed by atoms with Gasteiger partial charge in [-0.2, -0.15) is 0 Å². The topological polar surface area (TPSA) is 58.9 Å². The second kappa shape index (κ2) is 7.14. The second-order valence-electron chi connectivity index (χ2n) is 3.33. The van der Waals surface area contributed by atoms with Gasteiger partial charge >= 0.3 is 0 Å². The van der Waals surface area contributed by atoms with Crippen LogP contribution in [0, 0.1) is 0 Å². The van der Waals surface area contributed by atoms with Crippen molar-refractivity contribution in [3.63, 3.8) is 0 Å². The zero-order chi connectivity index (χ0) is 11.8. The lowest BCUT2D eigenvalue weighted by atomic mass is 10.1. The van der Waals surface area contributed by atoms with Gasteiger partial charge in [0.1, 0.15) is 19.3 Å². The lowest BCUT2D eigenvalue weighted by Gasteiger charge is -2.07. The third-order valence-electron chi connectivity index (χ3n) is 2.00. The molecule has 4 heteroatoms. The molecule has 0 bridgehead atoms. The first kappa shape index (κ1) is 12.9. The molecule has 0 spiro atoms. The highest BCUT2D eigenvalue weighted by Gasteiger charge is 2.02. The fourth-order valence-corrected chi connectivity index (χ4v) is 1.04. The van der Waals surface area contributed by atoms with Gasteiger partial charge in [-0.3, -0.25) is 0 Å². The van der Waals surface area contributed by atoms with Crippen molar-refractivity contribution >= 4 is 6.08 Å². The molecule has 16 heavy (non-hydrogen) atoms. The van der Waals surface area contributed by atoms with E-state index in [0.29, 0.717) is 6.61 Å². The van der Waals surface area contributed by atoms with Gasteiger partial charge in [-0.15, -0.1) is 0 Å². The molecule has 0 saturated carbocycles. The summed E-state index contributed by atoms with van der Waals surface area (Å²) >= 11 is 0. The summed E-state index contributed by atoms with van der Waals surface area (Å²) in [6, 6.07) is 7.66. The van der Waals surface area contributed by atoms with Gasteiger partial charge in [-0.1, -0.05) is 36.9 Å². The molecule has 1 aromatic rings. The lowest BCUT2D eigenvalue weighted by Crippen LogP contribution is -2.19. The van der Waals surface area contributed by atoms with E-state index in [9.17, 15) is 0 Å². The van der Waals surface area contributed by atoms with Crippen LogP contribution in [0.5, 0.6) is 0 Å². The van der Waals surface area contributed by atoms with E-state index in [0.717, 1.165) is 11.1 Å². The van der Waals surface area contributed by atoms with Crippen molar-refractivity contribution in [2.24, 2.45) is 0 Å². The Morgan fingerprint density at radius 1 is 1.25 bits per heavy atom. The number of rotatable bonds is 7. The summed E-state index contributed by atoms with van der Waals surface area (Å²) in [5.74, 6) is 0. The van der Waals surface area contributed by atoms with E-state index in [4.69, 9.17) is 20.0 Å². The predicted molar refractivity (Wildman–Crippen MR) is 60.4 cm³/mol.